The van der Waals surface area contributed by atoms with Crippen molar-refractivity contribution in [1.29, 1.82) is 0 Å². The number of carbonyl (C=O) groups excluding carboxylic acids is 1. The molecule has 0 aromatic heterocycles. The van der Waals surface area contributed by atoms with Crippen molar-refractivity contribution >= 4 is 17.3 Å². The highest BCUT2D eigenvalue weighted by atomic mass is 16.5. The van der Waals surface area contributed by atoms with E-state index in [1.165, 1.54) is 17.0 Å². The zero-order chi connectivity index (χ0) is 14.7. The van der Waals surface area contributed by atoms with Crippen LogP contribution in [0.25, 0.3) is 0 Å². The number of rotatable bonds is 3. The van der Waals surface area contributed by atoms with E-state index in [2.05, 4.69) is 0 Å². The minimum absolute atomic E-state index is 0.0982. The molecule has 0 bridgehead atoms. The number of aromatic hydroxyl groups is 1. The van der Waals surface area contributed by atoms with Gasteiger partial charge in [-0.1, -0.05) is 0 Å². The number of anilines is 2. The van der Waals surface area contributed by atoms with Crippen LogP contribution in [0.1, 0.15) is 10.4 Å². The lowest BCUT2D eigenvalue weighted by molar-refractivity contribution is 0.0992. The van der Waals surface area contributed by atoms with Crippen molar-refractivity contribution in [2.45, 2.75) is 0 Å². The van der Waals surface area contributed by atoms with Crippen molar-refractivity contribution in [2.75, 3.05) is 24.8 Å². The first-order valence-electron chi connectivity index (χ1n) is 6.03. The van der Waals surface area contributed by atoms with Crippen LogP contribution in [-0.4, -0.2) is 25.2 Å². The van der Waals surface area contributed by atoms with E-state index in [0.717, 1.165) is 11.4 Å². The number of hydrogen-bond acceptors (Lipinski definition) is 4. The molecule has 0 unspecified atom stereocenters. The average molecular weight is 272 g/mol. The molecule has 0 aliphatic carbocycles. The number of carbonyl (C=O) groups is 1. The van der Waals surface area contributed by atoms with E-state index in [0.29, 0.717) is 5.56 Å². The summed E-state index contributed by atoms with van der Waals surface area (Å²) in [6.45, 7) is 0. The highest BCUT2D eigenvalue weighted by molar-refractivity contribution is 6.06. The SMILES string of the molecule is COc1ccc(N(C)C(=O)c2ccc(N)c(O)c2)cc1. The zero-order valence-corrected chi connectivity index (χ0v) is 11.3. The molecule has 3 N–H and O–H groups in total. The summed E-state index contributed by atoms with van der Waals surface area (Å²) < 4.78 is 5.07. The fraction of sp³-hybridized carbons (Fsp3) is 0.133. The van der Waals surface area contributed by atoms with Crippen LogP contribution in [0.3, 0.4) is 0 Å². The number of phenols is 1. The summed E-state index contributed by atoms with van der Waals surface area (Å²) in [5.41, 5.74) is 6.86. The van der Waals surface area contributed by atoms with Gasteiger partial charge in [0.05, 0.1) is 12.8 Å². The Kier molecular flexibility index (Phi) is 3.79. The molecule has 20 heavy (non-hydrogen) atoms. The number of nitrogen functional groups attached to an aromatic ring is 1. The quantitative estimate of drug-likeness (QED) is 0.663. The summed E-state index contributed by atoms with van der Waals surface area (Å²) >= 11 is 0. The third kappa shape index (κ3) is 2.66. The highest BCUT2D eigenvalue weighted by Gasteiger charge is 2.14. The van der Waals surface area contributed by atoms with Gasteiger partial charge >= 0.3 is 0 Å². The molecule has 1 amide bonds. The van der Waals surface area contributed by atoms with E-state index in [1.54, 1.807) is 44.5 Å². The summed E-state index contributed by atoms with van der Waals surface area (Å²) in [7, 11) is 3.25. The second-order valence-electron chi connectivity index (χ2n) is 4.34. The molecular formula is C15H16N2O3. The summed E-state index contributed by atoms with van der Waals surface area (Å²) in [5.74, 6) is 0.393. The van der Waals surface area contributed by atoms with Crippen molar-refractivity contribution in [2.24, 2.45) is 0 Å². The molecule has 104 valence electrons. The van der Waals surface area contributed by atoms with Gasteiger partial charge in [0, 0.05) is 18.3 Å². The minimum Gasteiger partial charge on any atom is -0.506 e. The molecule has 2 aromatic rings. The van der Waals surface area contributed by atoms with E-state index >= 15 is 0 Å². The van der Waals surface area contributed by atoms with Gasteiger partial charge < -0.3 is 20.5 Å². The molecule has 0 aliphatic heterocycles. The molecule has 0 saturated heterocycles. The second kappa shape index (κ2) is 5.52. The van der Waals surface area contributed by atoms with E-state index < -0.39 is 0 Å². The van der Waals surface area contributed by atoms with Crippen molar-refractivity contribution in [3.63, 3.8) is 0 Å². The average Bonchev–Trinajstić information content (AvgIpc) is 2.48. The summed E-state index contributed by atoms with van der Waals surface area (Å²) in [4.78, 5) is 13.8. The molecule has 0 atom stereocenters. The second-order valence-corrected chi connectivity index (χ2v) is 4.34. The predicted molar refractivity (Wildman–Crippen MR) is 78.2 cm³/mol. The Balaban J connectivity index is 2.24. The molecule has 2 aromatic carbocycles. The number of methoxy groups -OCH3 is 1. The fourth-order valence-electron chi connectivity index (χ4n) is 1.79. The maximum absolute atomic E-state index is 12.3. The van der Waals surface area contributed by atoms with Crippen LogP contribution in [0.2, 0.25) is 0 Å². The molecule has 0 saturated carbocycles. The lowest BCUT2D eigenvalue weighted by Gasteiger charge is -2.18. The maximum Gasteiger partial charge on any atom is 0.258 e. The zero-order valence-electron chi connectivity index (χ0n) is 11.3. The Morgan fingerprint density at radius 1 is 1.20 bits per heavy atom. The van der Waals surface area contributed by atoms with Gasteiger partial charge in [-0.15, -0.1) is 0 Å². The van der Waals surface area contributed by atoms with Crippen LogP contribution in [-0.2, 0) is 0 Å². The van der Waals surface area contributed by atoms with Gasteiger partial charge in [0.2, 0.25) is 0 Å². The van der Waals surface area contributed by atoms with Crippen LogP contribution >= 0.6 is 0 Å². The molecule has 0 radical (unpaired) electrons. The largest absolute Gasteiger partial charge is 0.506 e. The topological polar surface area (TPSA) is 75.8 Å². The number of amides is 1. The Bertz CT molecular complexity index is 624. The van der Waals surface area contributed by atoms with E-state index in [1.807, 2.05) is 0 Å². The molecule has 5 heteroatoms. The molecule has 0 aliphatic rings. The van der Waals surface area contributed by atoms with Crippen molar-refractivity contribution in [3.05, 3.63) is 48.0 Å². The Hall–Kier alpha value is -2.69. The van der Waals surface area contributed by atoms with Gasteiger partial charge in [-0.25, -0.2) is 0 Å². The molecule has 0 spiro atoms. The van der Waals surface area contributed by atoms with Gasteiger partial charge in [-0.3, -0.25) is 4.79 Å². The van der Waals surface area contributed by atoms with Crippen LogP contribution in [0.4, 0.5) is 11.4 Å². The molecule has 0 fully saturated rings. The highest BCUT2D eigenvalue weighted by Crippen LogP contribution is 2.24. The maximum atomic E-state index is 12.3. The van der Waals surface area contributed by atoms with E-state index in [-0.39, 0.29) is 17.3 Å². The number of nitrogens with two attached hydrogens (primary N) is 1. The van der Waals surface area contributed by atoms with Crippen molar-refractivity contribution < 1.29 is 14.6 Å². The Morgan fingerprint density at radius 2 is 1.85 bits per heavy atom. The van der Waals surface area contributed by atoms with Gasteiger partial charge in [0.1, 0.15) is 11.5 Å². The lowest BCUT2D eigenvalue weighted by Crippen LogP contribution is -2.26. The number of ether oxygens (including phenoxy) is 1. The van der Waals surface area contributed by atoms with E-state index in [9.17, 15) is 9.90 Å². The van der Waals surface area contributed by atoms with E-state index in [4.69, 9.17) is 10.5 Å². The van der Waals surface area contributed by atoms with Gasteiger partial charge in [-0.05, 0) is 42.5 Å². The third-order valence-corrected chi connectivity index (χ3v) is 3.04. The van der Waals surface area contributed by atoms with Crippen LogP contribution in [0, 0.1) is 0 Å². The van der Waals surface area contributed by atoms with Gasteiger partial charge in [0.25, 0.3) is 5.91 Å². The first-order chi connectivity index (χ1) is 9.52. The van der Waals surface area contributed by atoms with Crippen LogP contribution in [0.5, 0.6) is 11.5 Å². The number of nitrogens with zero attached hydrogens (tertiary/aromatic N) is 1. The number of benzene rings is 2. The Labute approximate surface area is 117 Å². The summed E-state index contributed by atoms with van der Waals surface area (Å²) in [6, 6.07) is 11.6. The van der Waals surface area contributed by atoms with Gasteiger partial charge in [0.15, 0.2) is 0 Å². The third-order valence-electron chi connectivity index (χ3n) is 3.04. The summed E-state index contributed by atoms with van der Waals surface area (Å²) in [6.07, 6.45) is 0. The van der Waals surface area contributed by atoms with Gasteiger partial charge in [-0.2, -0.15) is 0 Å². The molecule has 0 heterocycles. The predicted octanol–water partition coefficient (Wildman–Crippen LogP) is 2.26. The summed E-state index contributed by atoms with van der Waals surface area (Å²) in [5, 5.41) is 9.56. The fourth-order valence-corrected chi connectivity index (χ4v) is 1.79. The van der Waals surface area contributed by atoms with Crippen LogP contribution < -0.4 is 15.4 Å². The normalized spacial score (nSPS) is 10.1. The van der Waals surface area contributed by atoms with Crippen molar-refractivity contribution in [3.8, 4) is 11.5 Å². The molecule has 5 nitrogen and oxygen atoms in total. The standard InChI is InChI=1S/C15H16N2O3/c1-17(11-4-6-12(20-2)7-5-11)15(19)10-3-8-13(16)14(18)9-10/h3-9,18H,16H2,1-2H3. The first kappa shape index (κ1) is 13.7. The Morgan fingerprint density at radius 3 is 2.40 bits per heavy atom. The number of phenolic OH excluding ortho intramolecular Hbond substituents is 1. The smallest absolute Gasteiger partial charge is 0.258 e. The van der Waals surface area contributed by atoms with Crippen molar-refractivity contribution in [1.82, 2.24) is 0 Å². The number of hydrogen-bond donors (Lipinski definition) is 2. The van der Waals surface area contributed by atoms with Crippen LogP contribution in [0.15, 0.2) is 42.5 Å². The minimum atomic E-state index is -0.231. The first-order valence-corrected chi connectivity index (χ1v) is 6.03. The monoisotopic (exact) mass is 272 g/mol. The molecule has 2 rings (SSSR count). The molecular weight excluding hydrogens is 256 g/mol. The lowest BCUT2D eigenvalue weighted by atomic mass is 10.1.